The number of amides is 2. The van der Waals surface area contributed by atoms with Gasteiger partial charge in [0.15, 0.2) is 0 Å². The van der Waals surface area contributed by atoms with Crippen molar-refractivity contribution in [2.75, 3.05) is 19.0 Å². The van der Waals surface area contributed by atoms with Crippen molar-refractivity contribution in [3.8, 4) is 0 Å². The first-order valence-corrected chi connectivity index (χ1v) is 10.4. The zero-order valence-corrected chi connectivity index (χ0v) is 17.3. The van der Waals surface area contributed by atoms with Crippen molar-refractivity contribution in [1.82, 2.24) is 15.5 Å². The second kappa shape index (κ2) is 10.2. The number of nitro benzene ring substituents is 1. The first kappa shape index (κ1) is 21.8. The number of carbonyl (C=O) groups is 2. The second-order valence-electron chi connectivity index (χ2n) is 7.09. The smallest absolute Gasteiger partial charge is 0.269 e. The molecule has 0 aliphatic heterocycles. The Morgan fingerprint density at radius 3 is 2.60 bits per heavy atom. The van der Waals surface area contributed by atoms with Gasteiger partial charge in [-0.15, -0.1) is 10.2 Å². The molecule has 0 saturated heterocycles. The number of benzene rings is 1. The van der Waals surface area contributed by atoms with Crippen molar-refractivity contribution in [3.05, 3.63) is 45.0 Å². The van der Waals surface area contributed by atoms with Gasteiger partial charge in [-0.1, -0.05) is 36.3 Å². The highest BCUT2D eigenvalue weighted by Gasteiger charge is 2.28. The molecule has 1 fully saturated rings. The molecular formula is C19H23N5O5S. The third-order valence-corrected chi connectivity index (χ3v) is 5.73. The summed E-state index contributed by atoms with van der Waals surface area (Å²) in [6.07, 6.45) is 4.18. The number of aromatic nitrogens is 2. The predicted molar refractivity (Wildman–Crippen MR) is 110 cm³/mol. The van der Waals surface area contributed by atoms with Crippen molar-refractivity contribution in [1.29, 1.82) is 0 Å². The highest BCUT2D eigenvalue weighted by molar-refractivity contribution is 7.15. The number of hydrogen-bond donors (Lipinski definition) is 2. The number of non-ortho nitro benzene ring substituents is 1. The largest absolute Gasteiger partial charge is 0.382 e. The molecule has 1 aromatic heterocycles. The van der Waals surface area contributed by atoms with Gasteiger partial charge in [0.2, 0.25) is 11.0 Å². The van der Waals surface area contributed by atoms with Crippen molar-refractivity contribution >= 4 is 34.0 Å². The fourth-order valence-corrected chi connectivity index (χ4v) is 4.08. The molecule has 1 heterocycles. The van der Waals surface area contributed by atoms with Crippen LogP contribution >= 0.6 is 11.3 Å². The first-order chi connectivity index (χ1) is 14.5. The summed E-state index contributed by atoms with van der Waals surface area (Å²) < 4.78 is 5.08. The lowest BCUT2D eigenvalue weighted by Gasteiger charge is -2.19. The molecule has 0 radical (unpaired) electrons. The monoisotopic (exact) mass is 433 g/mol. The van der Waals surface area contributed by atoms with Gasteiger partial charge in [-0.05, 0) is 18.4 Å². The number of nitro groups is 1. The number of hydrogen-bond acceptors (Lipinski definition) is 8. The molecule has 0 spiro atoms. The van der Waals surface area contributed by atoms with Crippen molar-refractivity contribution in [2.24, 2.45) is 5.92 Å². The van der Waals surface area contributed by atoms with Gasteiger partial charge >= 0.3 is 0 Å². The Kier molecular flexibility index (Phi) is 7.41. The molecule has 1 aliphatic carbocycles. The molecule has 1 aliphatic rings. The molecule has 11 heteroatoms. The molecule has 1 aromatic carbocycles. The standard InChI is InChI=1S/C19H23N5O5S/c1-29-11-15(20-17(25)13-4-2-3-5-13)18(26)21-19-23-22-16(30-19)10-12-6-8-14(9-7-12)24(27)28/h6-9,13,15H,2-5,10-11H2,1H3,(H,20,25)(H,21,23,26). The van der Waals surface area contributed by atoms with Gasteiger partial charge in [-0.2, -0.15) is 0 Å². The van der Waals surface area contributed by atoms with Crippen molar-refractivity contribution < 1.29 is 19.2 Å². The molecule has 10 nitrogen and oxygen atoms in total. The van der Waals surface area contributed by atoms with Gasteiger partial charge in [0.05, 0.1) is 11.5 Å². The number of anilines is 1. The summed E-state index contributed by atoms with van der Waals surface area (Å²) in [5, 5.41) is 25.2. The molecule has 1 atom stereocenters. The summed E-state index contributed by atoms with van der Waals surface area (Å²) in [6.45, 7) is 0.0543. The summed E-state index contributed by atoms with van der Waals surface area (Å²) >= 11 is 1.20. The molecule has 2 amide bonds. The Balaban J connectivity index is 1.57. The lowest BCUT2D eigenvalue weighted by atomic mass is 10.1. The molecule has 1 unspecified atom stereocenters. The topological polar surface area (TPSA) is 136 Å². The first-order valence-electron chi connectivity index (χ1n) is 9.62. The third kappa shape index (κ3) is 5.80. The summed E-state index contributed by atoms with van der Waals surface area (Å²) in [4.78, 5) is 35.2. The Hall–Kier alpha value is -2.92. The molecule has 3 rings (SSSR count). The van der Waals surface area contributed by atoms with Crippen LogP contribution in [-0.2, 0) is 20.7 Å². The van der Waals surface area contributed by atoms with Gasteiger partial charge < -0.3 is 10.1 Å². The Morgan fingerprint density at radius 2 is 1.97 bits per heavy atom. The lowest BCUT2D eigenvalue weighted by molar-refractivity contribution is -0.384. The number of nitrogens with one attached hydrogen (secondary N) is 2. The summed E-state index contributed by atoms with van der Waals surface area (Å²) in [5.74, 6) is -0.589. The van der Waals surface area contributed by atoms with Crippen LogP contribution < -0.4 is 10.6 Å². The van der Waals surface area contributed by atoms with Gasteiger partial charge in [0.25, 0.3) is 11.6 Å². The normalized spacial score (nSPS) is 15.0. The number of rotatable bonds is 9. The van der Waals surface area contributed by atoms with E-state index in [9.17, 15) is 19.7 Å². The molecule has 30 heavy (non-hydrogen) atoms. The van der Waals surface area contributed by atoms with Crippen molar-refractivity contribution in [3.63, 3.8) is 0 Å². The average molecular weight is 433 g/mol. The lowest BCUT2D eigenvalue weighted by Crippen LogP contribution is -2.48. The maximum atomic E-state index is 12.6. The minimum absolute atomic E-state index is 0.0211. The minimum Gasteiger partial charge on any atom is -0.382 e. The zero-order valence-electron chi connectivity index (χ0n) is 16.5. The van der Waals surface area contributed by atoms with Crippen LogP contribution in [-0.4, -0.2) is 46.7 Å². The van der Waals surface area contributed by atoms with E-state index in [1.165, 1.54) is 30.6 Å². The molecule has 2 N–H and O–H groups in total. The zero-order chi connectivity index (χ0) is 21.5. The van der Waals surface area contributed by atoms with E-state index in [1.807, 2.05) is 0 Å². The predicted octanol–water partition coefficient (Wildman–Crippen LogP) is 2.30. The van der Waals surface area contributed by atoms with E-state index in [0.29, 0.717) is 16.6 Å². The minimum atomic E-state index is -0.815. The van der Waals surface area contributed by atoms with E-state index >= 15 is 0 Å². The Morgan fingerprint density at radius 1 is 1.27 bits per heavy atom. The SMILES string of the molecule is COCC(NC(=O)C1CCCC1)C(=O)Nc1nnc(Cc2ccc([N+](=O)[O-])cc2)s1. The van der Waals surface area contributed by atoms with E-state index in [1.54, 1.807) is 12.1 Å². The maximum absolute atomic E-state index is 12.6. The number of carbonyl (C=O) groups excluding carboxylic acids is 2. The van der Waals surface area contributed by atoms with Gasteiger partial charge in [-0.25, -0.2) is 0 Å². The summed E-state index contributed by atoms with van der Waals surface area (Å²) in [7, 11) is 1.47. The van der Waals surface area contributed by atoms with Gasteiger partial charge in [0, 0.05) is 31.6 Å². The molecular weight excluding hydrogens is 410 g/mol. The highest BCUT2D eigenvalue weighted by atomic mass is 32.1. The molecule has 2 aromatic rings. The third-order valence-electron chi connectivity index (χ3n) is 4.89. The molecule has 160 valence electrons. The van der Waals surface area contributed by atoms with E-state index in [4.69, 9.17) is 4.74 Å². The fourth-order valence-electron chi connectivity index (χ4n) is 3.31. The number of methoxy groups -OCH3 is 1. The maximum Gasteiger partial charge on any atom is 0.269 e. The Bertz CT molecular complexity index is 895. The van der Waals surface area contributed by atoms with Gasteiger partial charge in [0.1, 0.15) is 11.0 Å². The van der Waals surface area contributed by atoms with E-state index in [0.717, 1.165) is 31.2 Å². The van der Waals surface area contributed by atoms with Crippen LogP contribution in [0.3, 0.4) is 0 Å². The molecule has 1 saturated carbocycles. The second-order valence-corrected chi connectivity index (χ2v) is 8.15. The molecule has 0 bridgehead atoms. The van der Waals surface area contributed by atoms with Crippen LogP contribution in [0.1, 0.15) is 36.3 Å². The highest BCUT2D eigenvalue weighted by Crippen LogP contribution is 2.25. The summed E-state index contributed by atoms with van der Waals surface area (Å²) in [6, 6.07) is 5.36. The Labute approximate surface area is 177 Å². The van der Waals surface area contributed by atoms with Crippen molar-refractivity contribution in [2.45, 2.75) is 38.1 Å². The average Bonchev–Trinajstić information content (AvgIpc) is 3.40. The van der Waals surface area contributed by atoms with E-state index in [2.05, 4.69) is 20.8 Å². The van der Waals surface area contributed by atoms with E-state index < -0.39 is 16.9 Å². The van der Waals surface area contributed by atoms with Gasteiger partial charge in [-0.3, -0.25) is 25.0 Å². The summed E-state index contributed by atoms with van der Waals surface area (Å²) in [5.41, 5.74) is 0.864. The number of ether oxygens (including phenoxy) is 1. The van der Waals surface area contributed by atoms with E-state index in [-0.39, 0.29) is 24.1 Å². The van der Waals surface area contributed by atoms with Crippen LogP contribution in [0.15, 0.2) is 24.3 Å². The van der Waals surface area contributed by atoms with Crippen LogP contribution in [0.2, 0.25) is 0 Å². The fraction of sp³-hybridized carbons (Fsp3) is 0.474. The van der Waals surface area contributed by atoms with Crippen LogP contribution in [0.5, 0.6) is 0 Å². The van der Waals surface area contributed by atoms with Crippen LogP contribution in [0.4, 0.5) is 10.8 Å². The number of nitrogens with zero attached hydrogens (tertiary/aromatic N) is 3. The van der Waals surface area contributed by atoms with Crippen LogP contribution in [0, 0.1) is 16.0 Å². The van der Waals surface area contributed by atoms with Crippen LogP contribution in [0.25, 0.3) is 0 Å². The quantitative estimate of drug-likeness (QED) is 0.457.